The summed E-state index contributed by atoms with van der Waals surface area (Å²) < 4.78 is 1.76. The smallest absolute Gasteiger partial charge is 0.148 e. The largest absolute Gasteiger partial charge is 0.508 e. The number of phenols is 1. The molecule has 0 aliphatic rings. The van der Waals surface area contributed by atoms with Gasteiger partial charge in [-0.1, -0.05) is 12.1 Å². The third-order valence-electron chi connectivity index (χ3n) is 2.24. The van der Waals surface area contributed by atoms with Gasteiger partial charge in [0.1, 0.15) is 11.6 Å². The van der Waals surface area contributed by atoms with Crippen LogP contribution in [-0.4, -0.2) is 14.9 Å². The second kappa shape index (κ2) is 3.65. The number of aromatic hydroxyl groups is 1. The first-order valence-corrected chi connectivity index (χ1v) is 4.72. The van der Waals surface area contributed by atoms with Crippen molar-refractivity contribution in [3.8, 4) is 5.75 Å². The van der Waals surface area contributed by atoms with E-state index >= 15 is 0 Å². The standard InChI is InChI=1S/C11H13N3O/c1-8-6-14(13-11(8)12)7-9-3-2-4-10(15)5-9/h2-6,15H,7H2,1H3,(H2,12,13). The van der Waals surface area contributed by atoms with E-state index in [9.17, 15) is 5.11 Å². The van der Waals surface area contributed by atoms with E-state index in [1.54, 1.807) is 16.8 Å². The number of benzene rings is 1. The zero-order valence-corrected chi connectivity index (χ0v) is 8.51. The van der Waals surface area contributed by atoms with Gasteiger partial charge in [0, 0.05) is 11.8 Å². The van der Waals surface area contributed by atoms with Crippen LogP contribution in [0.25, 0.3) is 0 Å². The Bertz CT molecular complexity index is 457. The average Bonchev–Trinajstić information content (AvgIpc) is 2.45. The number of phenolic OH excluding ortho intramolecular Hbond substituents is 1. The zero-order valence-electron chi connectivity index (χ0n) is 8.51. The van der Waals surface area contributed by atoms with Crippen molar-refractivity contribution < 1.29 is 5.11 Å². The number of hydrogen-bond acceptors (Lipinski definition) is 3. The fraction of sp³-hybridized carbons (Fsp3) is 0.182. The molecule has 3 N–H and O–H groups in total. The van der Waals surface area contributed by atoms with Crippen LogP contribution in [0.4, 0.5) is 5.82 Å². The Morgan fingerprint density at radius 2 is 2.27 bits per heavy atom. The van der Waals surface area contributed by atoms with Crippen LogP contribution in [0.3, 0.4) is 0 Å². The molecule has 4 nitrogen and oxygen atoms in total. The van der Waals surface area contributed by atoms with Crippen LogP contribution in [0.15, 0.2) is 30.5 Å². The van der Waals surface area contributed by atoms with Crippen LogP contribution in [0, 0.1) is 6.92 Å². The van der Waals surface area contributed by atoms with Crippen molar-refractivity contribution in [2.45, 2.75) is 13.5 Å². The van der Waals surface area contributed by atoms with E-state index in [0.29, 0.717) is 12.4 Å². The molecule has 0 atom stereocenters. The molecule has 1 aromatic heterocycles. The molecule has 0 unspecified atom stereocenters. The lowest BCUT2D eigenvalue weighted by Gasteiger charge is -2.01. The van der Waals surface area contributed by atoms with Gasteiger partial charge in [0.15, 0.2) is 0 Å². The Kier molecular flexibility index (Phi) is 2.33. The number of aryl methyl sites for hydroxylation is 1. The van der Waals surface area contributed by atoms with Crippen molar-refractivity contribution >= 4 is 5.82 Å². The molecule has 78 valence electrons. The summed E-state index contributed by atoms with van der Waals surface area (Å²) in [6.45, 7) is 2.54. The lowest BCUT2D eigenvalue weighted by Crippen LogP contribution is -2.00. The zero-order chi connectivity index (χ0) is 10.8. The molecule has 0 saturated heterocycles. The minimum atomic E-state index is 0.268. The first-order chi connectivity index (χ1) is 7.15. The summed E-state index contributed by atoms with van der Waals surface area (Å²) in [6.07, 6.45) is 1.89. The molecule has 0 radical (unpaired) electrons. The number of rotatable bonds is 2. The molecule has 2 rings (SSSR count). The fourth-order valence-corrected chi connectivity index (χ4v) is 1.46. The van der Waals surface area contributed by atoms with Gasteiger partial charge in [0.05, 0.1) is 6.54 Å². The topological polar surface area (TPSA) is 64.1 Å². The van der Waals surface area contributed by atoms with Gasteiger partial charge in [-0.05, 0) is 24.6 Å². The maximum Gasteiger partial charge on any atom is 0.148 e. The van der Waals surface area contributed by atoms with Gasteiger partial charge in [-0.15, -0.1) is 0 Å². The summed E-state index contributed by atoms with van der Waals surface area (Å²) in [6, 6.07) is 7.11. The van der Waals surface area contributed by atoms with Gasteiger partial charge in [-0.25, -0.2) is 0 Å². The molecule has 1 heterocycles. The third kappa shape index (κ3) is 2.10. The summed E-state index contributed by atoms with van der Waals surface area (Å²) in [5.41, 5.74) is 7.61. The van der Waals surface area contributed by atoms with Gasteiger partial charge >= 0.3 is 0 Å². The lowest BCUT2D eigenvalue weighted by molar-refractivity contribution is 0.474. The first-order valence-electron chi connectivity index (χ1n) is 4.72. The van der Waals surface area contributed by atoms with Crippen molar-refractivity contribution in [1.29, 1.82) is 0 Å². The highest BCUT2D eigenvalue weighted by molar-refractivity contribution is 5.36. The number of nitrogen functional groups attached to an aromatic ring is 1. The van der Waals surface area contributed by atoms with Gasteiger partial charge in [-0.2, -0.15) is 5.10 Å². The average molecular weight is 203 g/mol. The first kappa shape index (κ1) is 9.58. The lowest BCUT2D eigenvalue weighted by atomic mass is 10.2. The summed E-state index contributed by atoms with van der Waals surface area (Å²) >= 11 is 0. The number of anilines is 1. The summed E-state index contributed by atoms with van der Waals surface area (Å²) in [4.78, 5) is 0. The minimum Gasteiger partial charge on any atom is -0.508 e. The van der Waals surface area contributed by atoms with E-state index in [-0.39, 0.29) is 5.75 Å². The minimum absolute atomic E-state index is 0.268. The highest BCUT2D eigenvalue weighted by Gasteiger charge is 2.01. The second-order valence-corrected chi connectivity index (χ2v) is 3.56. The van der Waals surface area contributed by atoms with E-state index in [1.807, 2.05) is 25.3 Å². The quantitative estimate of drug-likeness (QED) is 0.778. The monoisotopic (exact) mass is 203 g/mol. The number of aromatic nitrogens is 2. The maximum atomic E-state index is 9.30. The van der Waals surface area contributed by atoms with Crippen LogP contribution in [0.1, 0.15) is 11.1 Å². The summed E-state index contributed by atoms with van der Waals surface area (Å²) in [5, 5.41) is 13.4. The predicted molar refractivity (Wildman–Crippen MR) is 58.6 cm³/mol. The summed E-state index contributed by atoms with van der Waals surface area (Å²) in [7, 11) is 0. The van der Waals surface area contributed by atoms with Crippen LogP contribution < -0.4 is 5.73 Å². The van der Waals surface area contributed by atoms with Gasteiger partial charge in [-0.3, -0.25) is 4.68 Å². The van der Waals surface area contributed by atoms with Crippen LogP contribution in [-0.2, 0) is 6.54 Å². The molecule has 0 fully saturated rings. The molecule has 0 aliphatic carbocycles. The number of hydrogen-bond donors (Lipinski definition) is 2. The Hall–Kier alpha value is -1.97. The van der Waals surface area contributed by atoms with Crippen molar-refractivity contribution in [1.82, 2.24) is 9.78 Å². The van der Waals surface area contributed by atoms with Crippen molar-refractivity contribution in [2.24, 2.45) is 0 Å². The van der Waals surface area contributed by atoms with Gasteiger partial charge in [0.25, 0.3) is 0 Å². The molecule has 0 aliphatic heterocycles. The molecular formula is C11H13N3O. The molecule has 15 heavy (non-hydrogen) atoms. The van der Waals surface area contributed by atoms with Crippen molar-refractivity contribution in [3.63, 3.8) is 0 Å². The molecule has 0 spiro atoms. The SMILES string of the molecule is Cc1cn(Cc2cccc(O)c2)nc1N. The second-order valence-electron chi connectivity index (χ2n) is 3.56. The van der Waals surface area contributed by atoms with Crippen LogP contribution >= 0.6 is 0 Å². The molecule has 0 amide bonds. The Labute approximate surface area is 88.0 Å². The van der Waals surface area contributed by atoms with Crippen molar-refractivity contribution in [3.05, 3.63) is 41.6 Å². The highest BCUT2D eigenvalue weighted by atomic mass is 16.3. The van der Waals surface area contributed by atoms with Crippen LogP contribution in [0.2, 0.25) is 0 Å². The number of nitrogens with two attached hydrogens (primary N) is 1. The normalized spacial score (nSPS) is 10.5. The fourth-order valence-electron chi connectivity index (χ4n) is 1.46. The number of nitrogens with zero attached hydrogens (tertiary/aromatic N) is 2. The highest BCUT2D eigenvalue weighted by Crippen LogP contribution is 2.13. The van der Waals surface area contributed by atoms with Crippen molar-refractivity contribution in [2.75, 3.05) is 5.73 Å². The van der Waals surface area contributed by atoms with E-state index in [1.165, 1.54) is 0 Å². The Morgan fingerprint density at radius 3 is 2.87 bits per heavy atom. The Balaban J connectivity index is 2.22. The predicted octanol–water partition coefficient (Wildman–Crippen LogP) is 1.53. The van der Waals surface area contributed by atoms with E-state index in [4.69, 9.17) is 5.73 Å². The van der Waals surface area contributed by atoms with Gasteiger partial charge in [0.2, 0.25) is 0 Å². The maximum absolute atomic E-state index is 9.30. The van der Waals surface area contributed by atoms with Gasteiger partial charge < -0.3 is 10.8 Å². The van der Waals surface area contributed by atoms with E-state index in [2.05, 4.69) is 5.10 Å². The molecule has 1 aromatic carbocycles. The molecule has 0 bridgehead atoms. The molecule has 4 heteroatoms. The Morgan fingerprint density at radius 1 is 1.47 bits per heavy atom. The van der Waals surface area contributed by atoms with E-state index < -0.39 is 0 Å². The molecular weight excluding hydrogens is 190 g/mol. The molecule has 0 saturated carbocycles. The van der Waals surface area contributed by atoms with Crippen LogP contribution in [0.5, 0.6) is 5.75 Å². The molecule has 2 aromatic rings. The third-order valence-corrected chi connectivity index (χ3v) is 2.24. The van der Waals surface area contributed by atoms with E-state index in [0.717, 1.165) is 11.1 Å². The summed E-state index contributed by atoms with van der Waals surface area (Å²) in [5.74, 6) is 0.819.